The van der Waals surface area contributed by atoms with E-state index in [1.165, 1.54) is 23.5 Å². The summed E-state index contributed by atoms with van der Waals surface area (Å²) >= 11 is 1.34. The SMILES string of the molecule is CCCNC(=O)NC[C@H](c1cccs1)S(=O)(=O)c1ccc2c(c1)OCCO2. The number of rotatable bonds is 7. The van der Waals surface area contributed by atoms with Gasteiger partial charge in [0.05, 0.1) is 4.90 Å². The molecule has 7 nitrogen and oxygen atoms in total. The number of fused-ring (bicyclic) bond motifs is 1. The van der Waals surface area contributed by atoms with Crippen molar-refractivity contribution in [3.63, 3.8) is 0 Å². The fourth-order valence-corrected chi connectivity index (χ4v) is 5.49. The number of carbonyl (C=O) groups is 1. The molecule has 0 saturated heterocycles. The topological polar surface area (TPSA) is 93.7 Å². The van der Waals surface area contributed by atoms with Crippen molar-refractivity contribution in [2.75, 3.05) is 26.3 Å². The number of hydrogen-bond acceptors (Lipinski definition) is 6. The van der Waals surface area contributed by atoms with Gasteiger partial charge in [0.1, 0.15) is 18.5 Å². The van der Waals surface area contributed by atoms with E-state index >= 15 is 0 Å². The number of nitrogens with one attached hydrogen (secondary N) is 2. The molecule has 0 saturated carbocycles. The van der Waals surface area contributed by atoms with Crippen molar-refractivity contribution in [1.82, 2.24) is 10.6 Å². The third-order valence-electron chi connectivity index (χ3n) is 4.06. The van der Waals surface area contributed by atoms with Crippen molar-refractivity contribution in [3.05, 3.63) is 40.6 Å². The number of carbonyl (C=O) groups excluding carboxylic acids is 1. The van der Waals surface area contributed by atoms with Crippen LogP contribution in [0.15, 0.2) is 40.6 Å². The highest BCUT2D eigenvalue weighted by atomic mass is 32.2. The molecule has 146 valence electrons. The average molecular weight is 411 g/mol. The molecule has 2 aromatic rings. The first kappa shape index (κ1) is 19.5. The fraction of sp³-hybridized carbons (Fsp3) is 0.389. The lowest BCUT2D eigenvalue weighted by Crippen LogP contribution is -2.39. The maximum atomic E-state index is 13.3. The van der Waals surface area contributed by atoms with E-state index < -0.39 is 15.1 Å². The number of sulfone groups is 1. The molecule has 9 heteroatoms. The highest BCUT2D eigenvalue weighted by molar-refractivity contribution is 7.91. The molecule has 1 aliphatic heterocycles. The van der Waals surface area contributed by atoms with E-state index in [2.05, 4.69) is 10.6 Å². The zero-order chi connectivity index (χ0) is 19.3. The highest BCUT2D eigenvalue weighted by Gasteiger charge is 2.31. The number of ether oxygens (including phenoxy) is 2. The zero-order valence-electron chi connectivity index (χ0n) is 14.9. The second-order valence-corrected chi connectivity index (χ2v) is 9.10. The first-order chi connectivity index (χ1) is 13.0. The van der Waals surface area contributed by atoms with Crippen molar-refractivity contribution in [3.8, 4) is 11.5 Å². The van der Waals surface area contributed by atoms with Crippen LogP contribution in [0.25, 0.3) is 0 Å². The van der Waals surface area contributed by atoms with Crippen molar-refractivity contribution in [2.45, 2.75) is 23.5 Å². The van der Waals surface area contributed by atoms with E-state index in [1.807, 2.05) is 12.3 Å². The van der Waals surface area contributed by atoms with E-state index in [0.717, 1.165) is 6.42 Å². The molecule has 27 heavy (non-hydrogen) atoms. The van der Waals surface area contributed by atoms with Crippen LogP contribution in [-0.2, 0) is 9.84 Å². The van der Waals surface area contributed by atoms with E-state index in [4.69, 9.17) is 9.47 Å². The minimum atomic E-state index is -3.74. The number of thiophene rings is 1. The Bertz CT molecular complexity index is 881. The molecule has 1 aromatic heterocycles. The normalized spacial score (nSPS) is 14.4. The van der Waals surface area contributed by atoms with Crippen molar-refractivity contribution < 1.29 is 22.7 Å². The number of amides is 2. The van der Waals surface area contributed by atoms with Crippen LogP contribution in [0.5, 0.6) is 11.5 Å². The van der Waals surface area contributed by atoms with E-state index in [1.54, 1.807) is 18.2 Å². The lowest BCUT2D eigenvalue weighted by Gasteiger charge is -2.21. The molecule has 2 amide bonds. The molecule has 2 N–H and O–H groups in total. The average Bonchev–Trinajstić information content (AvgIpc) is 3.20. The van der Waals surface area contributed by atoms with Gasteiger partial charge in [0, 0.05) is 24.0 Å². The Morgan fingerprint density at radius 1 is 1.19 bits per heavy atom. The Morgan fingerprint density at radius 2 is 1.96 bits per heavy atom. The van der Waals surface area contributed by atoms with Crippen molar-refractivity contribution in [1.29, 1.82) is 0 Å². The fourth-order valence-electron chi connectivity index (χ4n) is 2.69. The van der Waals surface area contributed by atoms with Gasteiger partial charge in [0.15, 0.2) is 21.3 Å². The monoisotopic (exact) mass is 410 g/mol. The molecule has 1 atom stereocenters. The van der Waals surface area contributed by atoms with E-state index in [-0.39, 0.29) is 17.5 Å². The maximum Gasteiger partial charge on any atom is 0.314 e. The first-order valence-electron chi connectivity index (χ1n) is 8.71. The van der Waals surface area contributed by atoms with Crippen molar-refractivity contribution >= 4 is 27.2 Å². The van der Waals surface area contributed by atoms with Crippen LogP contribution in [0.3, 0.4) is 0 Å². The number of benzene rings is 1. The van der Waals surface area contributed by atoms with Crippen LogP contribution in [0.2, 0.25) is 0 Å². The van der Waals surface area contributed by atoms with Crippen LogP contribution in [0.1, 0.15) is 23.5 Å². The summed E-state index contributed by atoms with van der Waals surface area (Å²) in [5, 5.41) is 6.29. The second kappa shape index (κ2) is 8.62. The molecule has 2 heterocycles. The lowest BCUT2D eigenvalue weighted by molar-refractivity contribution is 0.171. The summed E-state index contributed by atoms with van der Waals surface area (Å²) in [7, 11) is -3.74. The van der Waals surface area contributed by atoms with Crippen LogP contribution in [0, 0.1) is 0 Å². The molecule has 0 radical (unpaired) electrons. The summed E-state index contributed by atoms with van der Waals surface area (Å²) in [6, 6.07) is 7.78. The van der Waals surface area contributed by atoms with Gasteiger partial charge >= 0.3 is 6.03 Å². The number of hydrogen-bond donors (Lipinski definition) is 2. The molecular formula is C18H22N2O5S2. The van der Waals surface area contributed by atoms with Gasteiger partial charge in [-0.25, -0.2) is 13.2 Å². The summed E-state index contributed by atoms with van der Waals surface area (Å²) < 4.78 is 37.5. The Hall–Kier alpha value is -2.26. The molecule has 0 aliphatic carbocycles. The smallest absolute Gasteiger partial charge is 0.314 e. The second-order valence-electron chi connectivity index (χ2n) is 5.99. The van der Waals surface area contributed by atoms with Crippen LogP contribution in [0.4, 0.5) is 4.79 Å². The molecule has 0 fully saturated rings. The molecule has 0 spiro atoms. The zero-order valence-corrected chi connectivity index (χ0v) is 16.6. The Labute approximate surface area is 162 Å². The molecule has 1 aliphatic rings. The lowest BCUT2D eigenvalue weighted by atomic mass is 10.3. The number of urea groups is 1. The van der Waals surface area contributed by atoms with Gasteiger partial charge in [0.25, 0.3) is 0 Å². The van der Waals surface area contributed by atoms with E-state index in [9.17, 15) is 13.2 Å². The van der Waals surface area contributed by atoms with E-state index in [0.29, 0.717) is 36.1 Å². The van der Waals surface area contributed by atoms with Crippen molar-refractivity contribution in [2.24, 2.45) is 0 Å². The highest BCUT2D eigenvalue weighted by Crippen LogP contribution is 2.37. The summed E-state index contributed by atoms with van der Waals surface area (Å²) in [5.74, 6) is 0.950. The Morgan fingerprint density at radius 3 is 2.67 bits per heavy atom. The summed E-state index contributed by atoms with van der Waals surface area (Å²) in [4.78, 5) is 12.7. The minimum Gasteiger partial charge on any atom is -0.486 e. The van der Waals surface area contributed by atoms with Gasteiger partial charge in [-0.05, 0) is 30.0 Å². The van der Waals surface area contributed by atoms with Gasteiger partial charge in [-0.2, -0.15) is 0 Å². The predicted octanol–water partition coefficient (Wildman–Crippen LogP) is 2.74. The van der Waals surface area contributed by atoms with Crippen LogP contribution < -0.4 is 20.1 Å². The van der Waals surface area contributed by atoms with Gasteiger partial charge in [-0.15, -0.1) is 11.3 Å². The minimum absolute atomic E-state index is 0.0210. The molecule has 0 bridgehead atoms. The largest absolute Gasteiger partial charge is 0.486 e. The third-order valence-corrected chi connectivity index (χ3v) is 7.28. The Balaban J connectivity index is 1.85. The third kappa shape index (κ3) is 4.54. The summed E-state index contributed by atoms with van der Waals surface area (Å²) in [5.41, 5.74) is 0. The van der Waals surface area contributed by atoms with Crippen LogP contribution >= 0.6 is 11.3 Å². The summed E-state index contributed by atoms with van der Waals surface area (Å²) in [6.07, 6.45) is 0.803. The van der Waals surface area contributed by atoms with Gasteiger partial charge < -0.3 is 20.1 Å². The Kier molecular flexibility index (Phi) is 6.22. The summed E-state index contributed by atoms with van der Waals surface area (Å²) in [6.45, 7) is 3.27. The van der Waals surface area contributed by atoms with Gasteiger partial charge in [-0.1, -0.05) is 13.0 Å². The molecule has 0 unspecified atom stereocenters. The van der Waals surface area contributed by atoms with Gasteiger partial charge in [0.2, 0.25) is 0 Å². The maximum absolute atomic E-state index is 13.3. The van der Waals surface area contributed by atoms with Gasteiger partial charge in [-0.3, -0.25) is 0 Å². The standard InChI is InChI=1S/C18H22N2O5S2/c1-2-7-19-18(21)20-12-17(16-4-3-10-26-16)27(22,23)13-5-6-14-15(11-13)25-9-8-24-14/h3-6,10-11,17H,2,7-9,12H2,1H3,(H2,19,20,21)/t17-/m1/s1. The molecular weight excluding hydrogens is 388 g/mol. The molecule has 3 rings (SSSR count). The molecule has 1 aromatic carbocycles. The predicted molar refractivity (Wildman–Crippen MR) is 103 cm³/mol. The van der Waals surface area contributed by atoms with Crippen LogP contribution in [-0.4, -0.2) is 40.8 Å². The first-order valence-corrected chi connectivity index (χ1v) is 11.1. The quantitative estimate of drug-likeness (QED) is 0.732.